The molecule has 0 bridgehead atoms. The van der Waals surface area contributed by atoms with E-state index in [0.717, 1.165) is 17.7 Å². The van der Waals surface area contributed by atoms with Gasteiger partial charge in [-0.25, -0.2) is 4.98 Å². The molecule has 5 nitrogen and oxygen atoms in total. The summed E-state index contributed by atoms with van der Waals surface area (Å²) >= 11 is 0. The molecule has 0 radical (unpaired) electrons. The molecular formula is C19H24N4O. The number of amides is 1. The van der Waals surface area contributed by atoms with E-state index in [2.05, 4.69) is 22.4 Å². The molecule has 0 saturated heterocycles. The van der Waals surface area contributed by atoms with Crippen LogP contribution in [0.3, 0.4) is 0 Å². The molecule has 1 saturated carbocycles. The molecule has 1 amide bonds. The second-order valence-corrected chi connectivity index (χ2v) is 6.44. The monoisotopic (exact) mass is 324 g/mol. The maximum atomic E-state index is 11.4. The van der Waals surface area contributed by atoms with Gasteiger partial charge in [-0.15, -0.1) is 0 Å². The van der Waals surface area contributed by atoms with Crippen LogP contribution < -0.4 is 16.8 Å². The highest BCUT2D eigenvalue weighted by molar-refractivity contribution is 5.98. The van der Waals surface area contributed by atoms with Gasteiger partial charge in [0, 0.05) is 24.3 Å². The number of nitrogens with zero attached hydrogens (tertiary/aromatic N) is 1. The summed E-state index contributed by atoms with van der Waals surface area (Å²) in [5.41, 5.74) is 14.4. The van der Waals surface area contributed by atoms with Crippen molar-refractivity contribution >= 4 is 11.7 Å². The predicted octanol–water partition coefficient (Wildman–Crippen LogP) is 2.85. The van der Waals surface area contributed by atoms with E-state index < -0.39 is 5.91 Å². The average molecular weight is 324 g/mol. The molecule has 0 spiro atoms. The summed E-state index contributed by atoms with van der Waals surface area (Å²) in [4.78, 5) is 15.5. The van der Waals surface area contributed by atoms with E-state index in [9.17, 15) is 4.79 Å². The van der Waals surface area contributed by atoms with Gasteiger partial charge >= 0.3 is 0 Å². The third kappa shape index (κ3) is 3.92. The molecule has 5 heteroatoms. The van der Waals surface area contributed by atoms with Crippen LogP contribution in [0.15, 0.2) is 36.5 Å². The van der Waals surface area contributed by atoms with Crippen molar-refractivity contribution in [1.29, 1.82) is 0 Å². The molecule has 0 unspecified atom stereocenters. The normalized spacial score (nSPS) is 15.3. The Morgan fingerprint density at radius 2 is 1.96 bits per heavy atom. The van der Waals surface area contributed by atoms with Gasteiger partial charge < -0.3 is 16.8 Å². The van der Waals surface area contributed by atoms with E-state index in [-0.39, 0.29) is 11.4 Å². The van der Waals surface area contributed by atoms with Gasteiger partial charge in [-0.3, -0.25) is 4.79 Å². The number of anilines is 1. The second-order valence-electron chi connectivity index (χ2n) is 6.44. The number of aromatic nitrogens is 1. The summed E-state index contributed by atoms with van der Waals surface area (Å²) in [5, 5.41) is 3.65. The Hall–Kier alpha value is -2.40. The van der Waals surface area contributed by atoms with Crippen LogP contribution in [0.1, 0.15) is 48.0 Å². The van der Waals surface area contributed by atoms with Crippen LogP contribution in [0.25, 0.3) is 11.1 Å². The number of benzene rings is 1. The summed E-state index contributed by atoms with van der Waals surface area (Å²) in [6.07, 6.45) is 8.22. The van der Waals surface area contributed by atoms with Crippen LogP contribution in [0, 0.1) is 0 Å². The highest BCUT2D eigenvalue weighted by Gasteiger charge is 2.13. The van der Waals surface area contributed by atoms with Crippen LogP contribution in [0.5, 0.6) is 0 Å². The quantitative estimate of drug-likeness (QED) is 0.788. The highest BCUT2D eigenvalue weighted by Crippen LogP contribution is 2.23. The Labute approximate surface area is 142 Å². The highest BCUT2D eigenvalue weighted by atomic mass is 16.1. The van der Waals surface area contributed by atoms with E-state index in [1.165, 1.54) is 37.7 Å². The van der Waals surface area contributed by atoms with E-state index in [0.29, 0.717) is 6.04 Å². The molecule has 3 rings (SSSR count). The van der Waals surface area contributed by atoms with Crippen LogP contribution >= 0.6 is 0 Å². The van der Waals surface area contributed by atoms with Gasteiger partial charge in [-0.05, 0) is 36.1 Å². The van der Waals surface area contributed by atoms with E-state index in [1.807, 2.05) is 12.1 Å². The molecule has 1 aliphatic carbocycles. The predicted molar refractivity (Wildman–Crippen MR) is 96.3 cm³/mol. The minimum Gasteiger partial charge on any atom is -0.383 e. The standard InChI is InChI=1S/C19H24N4O/c20-18-17(19(21)24)10-15(12-23-18)14-6-4-5-13(9-14)11-22-16-7-2-1-3-8-16/h4-6,9-10,12,16,22H,1-3,7-8,11H2,(H2,20,23)(H2,21,24). The van der Waals surface area contributed by atoms with Gasteiger partial charge in [0.15, 0.2) is 0 Å². The number of hydrogen-bond donors (Lipinski definition) is 3. The summed E-state index contributed by atoms with van der Waals surface area (Å²) in [7, 11) is 0. The number of carbonyl (C=O) groups is 1. The Kier molecular flexibility index (Phi) is 5.11. The molecule has 5 N–H and O–H groups in total. The van der Waals surface area contributed by atoms with Gasteiger partial charge in [0.2, 0.25) is 0 Å². The summed E-state index contributed by atoms with van der Waals surface area (Å²) in [6.45, 7) is 0.851. The first-order chi connectivity index (χ1) is 11.6. The number of rotatable bonds is 5. The topological polar surface area (TPSA) is 94.0 Å². The van der Waals surface area contributed by atoms with Gasteiger partial charge in [0.1, 0.15) is 5.82 Å². The van der Waals surface area contributed by atoms with Gasteiger partial charge in [0.05, 0.1) is 5.56 Å². The molecule has 1 aliphatic rings. The van der Waals surface area contributed by atoms with E-state index >= 15 is 0 Å². The first kappa shape index (κ1) is 16.5. The van der Waals surface area contributed by atoms with Crippen molar-refractivity contribution in [3.8, 4) is 11.1 Å². The molecule has 2 aromatic rings. The minimum absolute atomic E-state index is 0.168. The lowest BCUT2D eigenvalue weighted by molar-refractivity contribution is 0.100. The van der Waals surface area contributed by atoms with Crippen molar-refractivity contribution in [2.45, 2.75) is 44.7 Å². The van der Waals surface area contributed by atoms with Gasteiger partial charge in [-0.2, -0.15) is 0 Å². The molecule has 1 aromatic heterocycles. The number of primary amides is 1. The molecule has 1 aromatic carbocycles. The van der Waals surface area contributed by atoms with Crippen LogP contribution in [0.4, 0.5) is 5.82 Å². The Bertz CT molecular complexity index is 723. The van der Waals surface area contributed by atoms with Crippen molar-refractivity contribution in [3.63, 3.8) is 0 Å². The molecular weight excluding hydrogens is 300 g/mol. The lowest BCUT2D eigenvalue weighted by Crippen LogP contribution is -2.30. The third-order valence-electron chi connectivity index (χ3n) is 4.64. The largest absolute Gasteiger partial charge is 0.383 e. The fourth-order valence-corrected chi connectivity index (χ4v) is 3.26. The van der Waals surface area contributed by atoms with E-state index in [4.69, 9.17) is 11.5 Å². The molecule has 24 heavy (non-hydrogen) atoms. The van der Waals surface area contributed by atoms with E-state index in [1.54, 1.807) is 12.3 Å². The average Bonchev–Trinajstić information content (AvgIpc) is 2.61. The summed E-state index contributed by atoms with van der Waals surface area (Å²) < 4.78 is 0. The number of nitrogens with two attached hydrogens (primary N) is 2. The van der Waals surface area contributed by atoms with Crippen molar-refractivity contribution in [2.75, 3.05) is 5.73 Å². The zero-order valence-corrected chi connectivity index (χ0v) is 13.8. The molecule has 0 atom stereocenters. The number of hydrogen-bond acceptors (Lipinski definition) is 4. The van der Waals surface area contributed by atoms with Crippen LogP contribution in [-0.2, 0) is 6.54 Å². The van der Waals surface area contributed by atoms with Gasteiger partial charge in [-0.1, -0.05) is 37.5 Å². The van der Waals surface area contributed by atoms with Crippen LogP contribution in [-0.4, -0.2) is 16.9 Å². The van der Waals surface area contributed by atoms with Crippen molar-refractivity contribution < 1.29 is 4.79 Å². The number of pyridine rings is 1. The van der Waals surface area contributed by atoms with Crippen molar-refractivity contribution in [1.82, 2.24) is 10.3 Å². The number of nitrogens with one attached hydrogen (secondary N) is 1. The smallest absolute Gasteiger partial charge is 0.252 e. The third-order valence-corrected chi connectivity index (χ3v) is 4.64. The van der Waals surface area contributed by atoms with Gasteiger partial charge in [0.25, 0.3) is 5.91 Å². The fourth-order valence-electron chi connectivity index (χ4n) is 3.26. The molecule has 1 fully saturated rings. The SMILES string of the molecule is NC(=O)c1cc(-c2cccc(CNC3CCCCC3)c2)cnc1N. The van der Waals surface area contributed by atoms with Crippen LogP contribution in [0.2, 0.25) is 0 Å². The second kappa shape index (κ2) is 7.45. The number of nitrogen functional groups attached to an aromatic ring is 1. The zero-order valence-electron chi connectivity index (χ0n) is 13.8. The summed E-state index contributed by atoms with van der Waals surface area (Å²) in [6, 6.07) is 10.6. The lowest BCUT2D eigenvalue weighted by atomic mass is 9.95. The van der Waals surface area contributed by atoms with Crippen molar-refractivity contribution in [2.24, 2.45) is 5.73 Å². The van der Waals surface area contributed by atoms with Crippen molar-refractivity contribution in [3.05, 3.63) is 47.7 Å². The number of carbonyl (C=O) groups excluding carboxylic acids is 1. The maximum Gasteiger partial charge on any atom is 0.252 e. The first-order valence-electron chi connectivity index (χ1n) is 8.51. The Morgan fingerprint density at radius 1 is 1.17 bits per heavy atom. The minimum atomic E-state index is -0.558. The lowest BCUT2D eigenvalue weighted by Gasteiger charge is -2.23. The fraction of sp³-hybridized carbons (Fsp3) is 0.368. The summed E-state index contributed by atoms with van der Waals surface area (Å²) in [5.74, 6) is -0.390. The molecule has 1 heterocycles. The first-order valence-corrected chi connectivity index (χ1v) is 8.51. The zero-order chi connectivity index (χ0) is 16.9. The Balaban J connectivity index is 1.75. The molecule has 126 valence electrons. The Morgan fingerprint density at radius 3 is 2.71 bits per heavy atom. The molecule has 0 aliphatic heterocycles. The maximum absolute atomic E-state index is 11.4.